The van der Waals surface area contributed by atoms with Gasteiger partial charge in [-0.2, -0.15) is 0 Å². The number of benzene rings is 2. The van der Waals surface area contributed by atoms with Crippen molar-refractivity contribution in [3.8, 4) is 0 Å². The number of fused-ring (bicyclic) bond motifs is 1. The minimum Gasteiger partial charge on any atom is -0.507 e. The van der Waals surface area contributed by atoms with Crippen molar-refractivity contribution < 1.29 is 14.7 Å². The lowest BCUT2D eigenvalue weighted by Gasteiger charge is -2.26. The van der Waals surface area contributed by atoms with E-state index in [0.717, 1.165) is 31.2 Å². The quantitative estimate of drug-likeness (QED) is 0.317. The molecular formula is C27H23ClN2O3. The number of hydrogen-bond donors (Lipinski definition) is 1. The van der Waals surface area contributed by atoms with E-state index in [9.17, 15) is 14.7 Å². The number of carbonyl (C=O) groups is 2. The molecule has 1 aliphatic carbocycles. The number of aryl methyl sites for hydroxylation is 3. The number of aromatic nitrogens is 1. The lowest BCUT2D eigenvalue weighted by Crippen LogP contribution is -2.30. The van der Waals surface area contributed by atoms with Gasteiger partial charge in [0.2, 0.25) is 0 Å². The van der Waals surface area contributed by atoms with E-state index in [1.807, 2.05) is 25.1 Å². The molecule has 0 radical (unpaired) electrons. The molecule has 1 atom stereocenters. The summed E-state index contributed by atoms with van der Waals surface area (Å²) in [5.74, 6) is -1.59. The van der Waals surface area contributed by atoms with Crippen LogP contribution in [0.2, 0.25) is 5.02 Å². The van der Waals surface area contributed by atoms with E-state index >= 15 is 0 Å². The Morgan fingerprint density at radius 2 is 1.85 bits per heavy atom. The number of nitrogens with zero attached hydrogens (tertiary/aromatic N) is 2. The van der Waals surface area contributed by atoms with Crippen LogP contribution in [0, 0.1) is 6.92 Å². The van der Waals surface area contributed by atoms with E-state index in [-0.39, 0.29) is 11.3 Å². The van der Waals surface area contributed by atoms with E-state index in [1.54, 1.807) is 42.7 Å². The third-order valence-corrected chi connectivity index (χ3v) is 6.73. The van der Waals surface area contributed by atoms with Crippen molar-refractivity contribution in [3.05, 3.63) is 99.3 Å². The first-order valence-corrected chi connectivity index (χ1v) is 11.4. The second kappa shape index (κ2) is 8.49. The van der Waals surface area contributed by atoms with Crippen molar-refractivity contribution in [1.82, 2.24) is 4.98 Å². The van der Waals surface area contributed by atoms with Crippen LogP contribution in [0.4, 0.5) is 5.69 Å². The van der Waals surface area contributed by atoms with Gasteiger partial charge in [-0.1, -0.05) is 35.9 Å². The number of Topliss-reactive ketones (excluding diaryl/α,β-unsaturated/α-hetero) is 1. The van der Waals surface area contributed by atoms with Crippen LogP contribution in [0.15, 0.2) is 66.5 Å². The van der Waals surface area contributed by atoms with Gasteiger partial charge < -0.3 is 5.11 Å². The van der Waals surface area contributed by atoms with Gasteiger partial charge in [0.1, 0.15) is 5.76 Å². The molecule has 2 heterocycles. The highest BCUT2D eigenvalue weighted by Gasteiger charge is 2.47. The van der Waals surface area contributed by atoms with Gasteiger partial charge in [-0.15, -0.1) is 0 Å². The van der Waals surface area contributed by atoms with Gasteiger partial charge in [0.05, 0.1) is 11.6 Å². The molecule has 1 fully saturated rings. The Balaban J connectivity index is 1.71. The third-order valence-electron chi connectivity index (χ3n) is 6.50. The molecule has 5 rings (SSSR count). The second-order valence-electron chi connectivity index (χ2n) is 8.58. The number of aliphatic hydroxyl groups is 1. The molecule has 1 aliphatic heterocycles. The van der Waals surface area contributed by atoms with Crippen LogP contribution < -0.4 is 4.90 Å². The van der Waals surface area contributed by atoms with Crippen LogP contribution in [0.3, 0.4) is 0 Å². The summed E-state index contributed by atoms with van der Waals surface area (Å²) in [6, 6.07) is 13.7. The van der Waals surface area contributed by atoms with Crippen molar-refractivity contribution in [3.63, 3.8) is 0 Å². The van der Waals surface area contributed by atoms with Crippen LogP contribution >= 0.6 is 11.6 Å². The largest absolute Gasteiger partial charge is 0.507 e. The molecule has 2 aliphatic rings. The van der Waals surface area contributed by atoms with Crippen molar-refractivity contribution in [2.75, 3.05) is 4.90 Å². The van der Waals surface area contributed by atoms with Gasteiger partial charge >= 0.3 is 0 Å². The maximum Gasteiger partial charge on any atom is 0.300 e. The number of rotatable bonds is 3. The summed E-state index contributed by atoms with van der Waals surface area (Å²) >= 11 is 6.24. The zero-order chi connectivity index (χ0) is 23.1. The number of hydrogen-bond acceptors (Lipinski definition) is 4. The maximum absolute atomic E-state index is 13.3. The van der Waals surface area contributed by atoms with Crippen molar-refractivity contribution in [2.45, 2.75) is 38.6 Å². The Kier molecular flexibility index (Phi) is 5.51. The van der Waals surface area contributed by atoms with Gasteiger partial charge in [-0.05, 0) is 79.1 Å². The van der Waals surface area contributed by atoms with Gasteiger partial charge in [-0.25, -0.2) is 0 Å². The first-order valence-electron chi connectivity index (χ1n) is 11.0. The Hall–Kier alpha value is -3.44. The van der Waals surface area contributed by atoms with Crippen LogP contribution in [0.5, 0.6) is 0 Å². The molecule has 1 aromatic heterocycles. The van der Waals surface area contributed by atoms with Crippen LogP contribution in [0.1, 0.15) is 46.7 Å². The number of pyridine rings is 1. The standard InChI is InChI=1S/C27H23ClN2O3/c1-16-8-11-21(28)14-22(16)30-24(20-7-4-12-29-15-20)23(26(32)27(30)33)25(31)19-10-9-17-5-2-3-6-18(17)13-19/h4,7-15,24,31H,2-3,5-6H2,1H3/b25-23-. The lowest BCUT2D eigenvalue weighted by atomic mass is 9.89. The minimum atomic E-state index is -0.813. The maximum atomic E-state index is 13.3. The Bertz CT molecular complexity index is 1300. The number of amides is 1. The predicted octanol–water partition coefficient (Wildman–Crippen LogP) is 5.55. The monoisotopic (exact) mass is 458 g/mol. The molecule has 0 saturated carbocycles. The first-order chi connectivity index (χ1) is 16.0. The summed E-state index contributed by atoms with van der Waals surface area (Å²) in [5.41, 5.74) is 5.02. The summed E-state index contributed by atoms with van der Waals surface area (Å²) in [6.45, 7) is 1.86. The van der Waals surface area contributed by atoms with Crippen LogP contribution in [-0.2, 0) is 22.4 Å². The fourth-order valence-electron chi connectivity index (χ4n) is 4.81. The van der Waals surface area contributed by atoms with E-state index in [2.05, 4.69) is 4.98 Å². The fourth-order valence-corrected chi connectivity index (χ4v) is 4.98. The molecule has 6 heteroatoms. The summed E-state index contributed by atoms with van der Waals surface area (Å²) < 4.78 is 0. The Morgan fingerprint density at radius 1 is 1.06 bits per heavy atom. The zero-order valence-corrected chi connectivity index (χ0v) is 19.0. The topological polar surface area (TPSA) is 70.5 Å². The van der Waals surface area contributed by atoms with Crippen molar-refractivity contribution >= 4 is 34.7 Å². The average molecular weight is 459 g/mol. The molecule has 1 saturated heterocycles. The second-order valence-corrected chi connectivity index (χ2v) is 9.01. The highest BCUT2D eigenvalue weighted by Crippen LogP contribution is 2.43. The van der Waals surface area contributed by atoms with E-state index < -0.39 is 17.7 Å². The molecule has 3 aromatic rings. The number of aliphatic hydroxyl groups excluding tert-OH is 1. The molecular weight excluding hydrogens is 436 g/mol. The molecule has 5 nitrogen and oxygen atoms in total. The summed E-state index contributed by atoms with van der Waals surface area (Å²) in [5, 5.41) is 11.8. The molecule has 1 amide bonds. The normalized spacial score (nSPS) is 19.6. The van der Waals surface area contributed by atoms with E-state index in [1.165, 1.54) is 16.0 Å². The minimum absolute atomic E-state index is 0.0585. The SMILES string of the molecule is Cc1ccc(Cl)cc1N1C(=O)C(=O)/C(=C(\O)c2ccc3c(c2)CCCC3)C1c1cccnc1. The highest BCUT2D eigenvalue weighted by atomic mass is 35.5. The number of anilines is 1. The van der Waals surface area contributed by atoms with Gasteiger partial charge in [-0.3, -0.25) is 19.5 Å². The molecule has 166 valence electrons. The number of halogens is 1. The van der Waals surface area contributed by atoms with Crippen molar-refractivity contribution in [2.24, 2.45) is 0 Å². The smallest absolute Gasteiger partial charge is 0.300 e. The van der Waals surface area contributed by atoms with Gasteiger partial charge in [0, 0.05) is 28.7 Å². The highest BCUT2D eigenvalue weighted by molar-refractivity contribution is 6.52. The Labute approximate surface area is 197 Å². The summed E-state index contributed by atoms with van der Waals surface area (Å²) in [4.78, 5) is 32.2. The van der Waals surface area contributed by atoms with Crippen LogP contribution in [-0.4, -0.2) is 21.8 Å². The van der Waals surface area contributed by atoms with Crippen LogP contribution in [0.25, 0.3) is 5.76 Å². The number of ketones is 1. The molecule has 0 spiro atoms. The zero-order valence-electron chi connectivity index (χ0n) is 18.2. The average Bonchev–Trinajstić information content (AvgIpc) is 3.10. The molecule has 1 N–H and O–H groups in total. The molecule has 2 aromatic carbocycles. The van der Waals surface area contributed by atoms with Crippen molar-refractivity contribution in [1.29, 1.82) is 0 Å². The number of carbonyl (C=O) groups excluding carboxylic acids is 2. The lowest BCUT2D eigenvalue weighted by molar-refractivity contribution is -0.132. The Morgan fingerprint density at radius 3 is 2.61 bits per heavy atom. The summed E-state index contributed by atoms with van der Waals surface area (Å²) in [7, 11) is 0. The predicted molar refractivity (Wildman–Crippen MR) is 128 cm³/mol. The summed E-state index contributed by atoms with van der Waals surface area (Å²) in [6.07, 6.45) is 7.46. The fraction of sp³-hybridized carbons (Fsp3) is 0.222. The molecule has 33 heavy (non-hydrogen) atoms. The molecule has 1 unspecified atom stereocenters. The third kappa shape index (κ3) is 3.72. The van der Waals surface area contributed by atoms with Gasteiger partial charge in [0.15, 0.2) is 0 Å². The van der Waals surface area contributed by atoms with E-state index in [4.69, 9.17) is 11.6 Å². The van der Waals surface area contributed by atoms with E-state index in [0.29, 0.717) is 21.8 Å². The van der Waals surface area contributed by atoms with Gasteiger partial charge in [0.25, 0.3) is 11.7 Å². The first kappa shape index (κ1) is 21.4. The molecule has 0 bridgehead atoms.